The summed E-state index contributed by atoms with van der Waals surface area (Å²) in [6, 6.07) is 3.91. The Morgan fingerprint density at radius 3 is 2.82 bits per heavy atom. The van der Waals surface area contributed by atoms with E-state index in [-0.39, 0.29) is 0 Å². The molecule has 6 heteroatoms. The van der Waals surface area contributed by atoms with Crippen molar-refractivity contribution in [2.75, 3.05) is 5.73 Å². The van der Waals surface area contributed by atoms with Crippen molar-refractivity contribution in [1.82, 2.24) is 14.3 Å². The summed E-state index contributed by atoms with van der Waals surface area (Å²) in [6.07, 6.45) is 0.875. The molecule has 0 saturated carbocycles. The number of nitrogens with zero attached hydrogens (tertiary/aromatic N) is 3. The minimum absolute atomic E-state index is 0.542. The van der Waals surface area contributed by atoms with Crippen LogP contribution in [0.2, 0.25) is 0 Å². The standard InChI is InChI=1S/C11H14N4S2/c1-3-8-5-10(12)14-11(13-8)16-6-9-4-7(2)15-17-9/h4-5H,3,6H2,1-2H3,(H2,12,13,14). The van der Waals surface area contributed by atoms with Crippen LogP contribution < -0.4 is 5.73 Å². The van der Waals surface area contributed by atoms with Gasteiger partial charge in [0.05, 0.1) is 5.69 Å². The first-order valence-corrected chi connectivity index (χ1v) is 7.11. The van der Waals surface area contributed by atoms with E-state index in [1.165, 1.54) is 16.4 Å². The lowest BCUT2D eigenvalue weighted by molar-refractivity contribution is 0.896. The molecule has 0 aliphatic heterocycles. The van der Waals surface area contributed by atoms with Gasteiger partial charge in [0.1, 0.15) is 5.82 Å². The molecular weight excluding hydrogens is 252 g/mol. The first-order chi connectivity index (χ1) is 8.17. The van der Waals surface area contributed by atoms with Crippen LogP contribution in [0.5, 0.6) is 0 Å². The summed E-state index contributed by atoms with van der Waals surface area (Å²) in [5.41, 5.74) is 7.78. The van der Waals surface area contributed by atoms with Gasteiger partial charge in [0, 0.05) is 22.4 Å². The molecule has 2 rings (SSSR count). The smallest absolute Gasteiger partial charge is 0.190 e. The highest BCUT2D eigenvalue weighted by atomic mass is 32.2. The maximum atomic E-state index is 5.73. The molecule has 0 fully saturated rings. The molecule has 2 aromatic heterocycles. The van der Waals surface area contributed by atoms with Crippen molar-refractivity contribution >= 4 is 29.1 Å². The number of hydrogen-bond donors (Lipinski definition) is 1. The highest BCUT2D eigenvalue weighted by molar-refractivity contribution is 7.98. The second-order valence-corrected chi connectivity index (χ2v) is 5.48. The van der Waals surface area contributed by atoms with Gasteiger partial charge in [-0.05, 0) is 30.9 Å². The summed E-state index contributed by atoms with van der Waals surface area (Å²) >= 11 is 3.12. The number of hydrogen-bond acceptors (Lipinski definition) is 6. The zero-order valence-electron chi connectivity index (χ0n) is 9.80. The van der Waals surface area contributed by atoms with Crippen molar-refractivity contribution in [3.63, 3.8) is 0 Å². The molecule has 0 atom stereocenters. The molecule has 2 N–H and O–H groups in total. The summed E-state index contributed by atoms with van der Waals surface area (Å²) in [5.74, 6) is 1.39. The third-order valence-electron chi connectivity index (χ3n) is 2.16. The number of nitrogen functional groups attached to an aromatic ring is 1. The van der Waals surface area contributed by atoms with Gasteiger partial charge in [0.25, 0.3) is 0 Å². The largest absolute Gasteiger partial charge is 0.384 e. The lowest BCUT2D eigenvalue weighted by Gasteiger charge is -2.02. The summed E-state index contributed by atoms with van der Waals surface area (Å²) < 4.78 is 4.24. The average Bonchev–Trinajstić information content (AvgIpc) is 2.72. The van der Waals surface area contributed by atoms with Crippen LogP contribution >= 0.6 is 23.3 Å². The van der Waals surface area contributed by atoms with Crippen LogP contribution in [0.3, 0.4) is 0 Å². The van der Waals surface area contributed by atoms with Crippen LogP contribution in [0.25, 0.3) is 0 Å². The Bertz CT molecular complexity index is 510. The molecule has 0 aromatic carbocycles. The lowest BCUT2D eigenvalue weighted by Crippen LogP contribution is -1.98. The third kappa shape index (κ3) is 3.41. The van der Waals surface area contributed by atoms with Gasteiger partial charge in [-0.25, -0.2) is 9.97 Å². The van der Waals surface area contributed by atoms with Gasteiger partial charge in [-0.15, -0.1) is 0 Å². The van der Waals surface area contributed by atoms with Gasteiger partial charge in [-0.3, -0.25) is 0 Å². The highest BCUT2D eigenvalue weighted by Gasteiger charge is 2.04. The number of aryl methyl sites for hydroxylation is 2. The van der Waals surface area contributed by atoms with Crippen molar-refractivity contribution < 1.29 is 0 Å². The molecule has 0 saturated heterocycles. The van der Waals surface area contributed by atoms with E-state index in [0.29, 0.717) is 5.82 Å². The maximum Gasteiger partial charge on any atom is 0.190 e. The van der Waals surface area contributed by atoms with E-state index in [0.717, 1.165) is 28.7 Å². The quantitative estimate of drug-likeness (QED) is 0.681. The topological polar surface area (TPSA) is 64.7 Å². The van der Waals surface area contributed by atoms with Gasteiger partial charge in [-0.1, -0.05) is 18.7 Å². The average molecular weight is 266 g/mol. The van der Waals surface area contributed by atoms with Crippen molar-refractivity contribution in [3.05, 3.63) is 28.4 Å². The molecule has 4 nitrogen and oxygen atoms in total. The number of thioether (sulfide) groups is 1. The molecule has 0 spiro atoms. The molecule has 2 heterocycles. The molecule has 0 bridgehead atoms. The Labute approximate surface area is 109 Å². The fourth-order valence-corrected chi connectivity index (χ4v) is 2.99. The van der Waals surface area contributed by atoms with Crippen LogP contribution in [-0.2, 0) is 12.2 Å². The van der Waals surface area contributed by atoms with Gasteiger partial charge < -0.3 is 5.73 Å². The van der Waals surface area contributed by atoms with Crippen LogP contribution in [0.4, 0.5) is 5.82 Å². The summed E-state index contributed by atoms with van der Waals surface area (Å²) in [4.78, 5) is 9.88. The molecule has 0 radical (unpaired) electrons. The fourth-order valence-electron chi connectivity index (χ4n) is 1.36. The van der Waals surface area contributed by atoms with Crippen molar-refractivity contribution in [2.45, 2.75) is 31.2 Å². The zero-order chi connectivity index (χ0) is 12.3. The van der Waals surface area contributed by atoms with Crippen molar-refractivity contribution in [3.8, 4) is 0 Å². The fraction of sp³-hybridized carbons (Fsp3) is 0.364. The molecule has 0 aliphatic carbocycles. The van der Waals surface area contributed by atoms with E-state index in [2.05, 4.69) is 27.3 Å². The minimum atomic E-state index is 0.542. The summed E-state index contributed by atoms with van der Waals surface area (Å²) in [5, 5.41) is 0.743. The van der Waals surface area contributed by atoms with E-state index in [1.54, 1.807) is 11.8 Å². The van der Waals surface area contributed by atoms with Gasteiger partial charge in [-0.2, -0.15) is 4.37 Å². The predicted octanol–water partition coefficient (Wildman–Crippen LogP) is 2.68. The van der Waals surface area contributed by atoms with E-state index >= 15 is 0 Å². The van der Waals surface area contributed by atoms with Crippen LogP contribution in [-0.4, -0.2) is 14.3 Å². The normalized spacial score (nSPS) is 10.7. The summed E-state index contributed by atoms with van der Waals surface area (Å²) in [7, 11) is 0. The summed E-state index contributed by atoms with van der Waals surface area (Å²) in [6.45, 7) is 4.06. The second-order valence-electron chi connectivity index (χ2n) is 3.64. The first-order valence-electron chi connectivity index (χ1n) is 5.36. The molecule has 0 aliphatic rings. The predicted molar refractivity (Wildman–Crippen MR) is 72.2 cm³/mol. The van der Waals surface area contributed by atoms with Crippen LogP contribution in [0, 0.1) is 6.92 Å². The van der Waals surface area contributed by atoms with Crippen LogP contribution in [0.1, 0.15) is 23.2 Å². The van der Waals surface area contributed by atoms with E-state index in [4.69, 9.17) is 5.73 Å². The molecule has 0 unspecified atom stereocenters. The lowest BCUT2D eigenvalue weighted by atomic mass is 10.3. The van der Waals surface area contributed by atoms with Crippen LogP contribution in [0.15, 0.2) is 17.3 Å². The van der Waals surface area contributed by atoms with Crippen molar-refractivity contribution in [2.24, 2.45) is 0 Å². The van der Waals surface area contributed by atoms with E-state index in [1.807, 2.05) is 13.0 Å². The Morgan fingerprint density at radius 2 is 2.18 bits per heavy atom. The third-order valence-corrected chi connectivity index (χ3v) is 4.12. The second kappa shape index (κ2) is 5.46. The highest BCUT2D eigenvalue weighted by Crippen LogP contribution is 2.23. The zero-order valence-corrected chi connectivity index (χ0v) is 11.4. The molecule has 17 heavy (non-hydrogen) atoms. The molecular formula is C11H14N4S2. The number of aromatic nitrogens is 3. The van der Waals surface area contributed by atoms with Crippen molar-refractivity contribution in [1.29, 1.82) is 0 Å². The molecule has 90 valence electrons. The Hall–Kier alpha value is -1.14. The number of rotatable bonds is 4. The molecule has 2 aromatic rings. The van der Waals surface area contributed by atoms with E-state index in [9.17, 15) is 0 Å². The van der Waals surface area contributed by atoms with E-state index < -0.39 is 0 Å². The first kappa shape index (κ1) is 12.3. The number of nitrogens with two attached hydrogens (primary N) is 1. The minimum Gasteiger partial charge on any atom is -0.384 e. The van der Waals surface area contributed by atoms with Gasteiger partial charge in [0.15, 0.2) is 5.16 Å². The van der Waals surface area contributed by atoms with Gasteiger partial charge in [0.2, 0.25) is 0 Å². The SMILES string of the molecule is CCc1cc(N)nc(SCc2cc(C)ns2)n1. The van der Waals surface area contributed by atoms with Gasteiger partial charge >= 0.3 is 0 Å². The Balaban J connectivity index is 2.05. The maximum absolute atomic E-state index is 5.73. The Morgan fingerprint density at radius 1 is 1.35 bits per heavy atom. The monoisotopic (exact) mass is 266 g/mol. The Kier molecular flexibility index (Phi) is 3.96. The number of anilines is 1. The molecule has 0 amide bonds.